The van der Waals surface area contributed by atoms with Gasteiger partial charge in [0.1, 0.15) is 11.5 Å². The van der Waals surface area contributed by atoms with Crippen molar-refractivity contribution in [1.82, 2.24) is 10.2 Å². The number of anilines is 1. The maximum absolute atomic E-state index is 12.7. The molecular formula is C19H23N3O3. The Hall–Kier alpha value is -2.76. The molecule has 0 saturated carbocycles. The number of rotatable bonds is 3. The quantitative estimate of drug-likeness (QED) is 0.894. The average Bonchev–Trinajstić information content (AvgIpc) is 3.08. The fourth-order valence-corrected chi connectivity index (χ4v) is 3.15. The Balaban J connectivity index is 1.71. The van der Waals surface area contributed by atoms with Gasteiger partial charge in [-0.25, -0.2) is 4.79 Å². The van der Waals surface area contributed by atoms with E-state index in [1.54, 1.807) is 31.3 Å². The third-order valence-corrected chi connectivity index (χ3v) is 4.48. The lowest BCUT2D eigenvalue weighted by Crippen LogP contribution is -2.41. The van der Waals surface area contributed by atoms with Crippen molar-refractivity contribution >= 4 is 17.6 Å². The van der Waals surface area contributed by atoms with Crippen molar-refractivity contribution in [3.8, 4) is 0 Å². The number of hydrogen-bond donors (Lipinski definition) is 2. The summed E-state index contributed by atoms with van der Waals surface area (Å²) in [6, 6.07) is 10.5. The summed E-state index contributed by atoms with van der Waals surface area (Å²) in [7, 11) is 1.59. The van der Waals surface area contributed by atoms with Crippen molar-refractivity contribution in [2.45, 2.75) is 32.2 Å². The van der Waals surface area contributed by atoms with Crippen LogP contribution in [-0.4, -0.2) is 30.4 Å². The van der Waals surface area contributed by atoms with E-state index in [9.17, 15) is 9.59 Å². The number of carbonyl (C=O) groups is 2. The molecule has 2 aromatic rings. The number of aryl methyl sites for hydroxylation is 1. The molecular weight excluding hydrogens is 318 g/mol. The number of piperidine rings is 1. The van der Waals surface area contributed by atoms with Gasteiger partial charge in [-0.05, 0) is 62.6 Å². The Morgan fingerprint density at radius 1 is 1.12 bits per heavy atom. The van der Waals surface area contributed by atoms with Crippen molar-refractivity contribution in [3.63, 3.8) is 0 Å². The molecule has 6 nitrogen and oxygen atoms in total. The molecule has 0 spiro atoms. The molecule has 1 aromatic carbocycles. The molecule has 1 saturated heterocycles. The minimum atomic E-state index is -0.151. The molecule has 2 heterocycles. The number of furan rings is 1. The molecule has 3 amide bonds. The van der Waals surface area contributed by atoms with E-state index in [0.29, 0.717) is 17.8 Å². The van der Waals surface area contributed by atoms with E-state index in [1.807, 2.05) is 24.0 Å². The van der Waals surface area contributed by atoms with Gasteiger partial charge in [0.2, 0.25) is 0 Å². The van der Waals surface area contributed by atoms with Gasteiger partial charge in [0, 0.05) is 24.8 Å². The van der Waals surface area contributed by atoms with Crippen molar-refractivity contribution in [3.05, 3.63) is 53.5 Å². The molecule has 3 rings (SSSR count). The number of carbonyl (C=O) groups excluding carboxylic acids is 2. The van der Waals surface area contributed by atoms with Crippen LogP contribution in [0.3, 0.4) is 0 Å². The zero-order valence-corrected chi connectivity index (χ0v) is 14.5. The minimum absolute atomic E-state index is 0.0346. The second-order valence-corrected chi connectivity index (χ2v) is 6.24. The van der Waals surface area contributed by atoms with E-state index in [0.717, 1.165) is 30.8 Å². The summed E-state index contributed by atoms with van der Waals surface area (Å²) in [6.07, 6.45) is 2.96. The van der Waals surface area contributed by atoms with Gasteiger partial charge in [0.05, 0.1) is 6.04 Å². The predicted octanol–water partition coefficient (Wildman–Crippen LogP) is 3.71. The number of hydrogen-bond acceptors (Lipinski definition) is 3. The topological polar surface area (TPSA) is 74.6 Å². The zero-order valence-electron chi connectivity index (χ0n) is 14.5. The van der Waals surface area contributed by atoms with Crippen LogP contribution in [0.25, 0.3) is 0 Å². The first-order valence-corrected chi connectivity index (χ1v) is 8.54. The third-order valence-electron chi connectivity index (χ3n) is 4.48. The number of benzene rings is 1. The number of nitrogens with zero attached hydrogens (tertiary/aromatic N) is 1. The minimum Gasteiger partial charge on any atom is -0.464 e. The molecule has 1 aliphatic heterocycles. The van der Waals surface area contributed by atoms with Gasteiger partial charge >= 0.3 is 6.03 Å². The SMILES string of the molecule is CNC(=O)c1ccc(NC(=O)N2CCCC[C@H]2c2ccc(C)o2)cc1. The van der Waals surface area contributed by atoms with Crippen LogP contribution in [0, 0.1) is 6.92 Å². The first-order chi connectivity index (χ1) is 12.1. The smallest absolute Gasteiger partial charge is 0.322 e. The Morgan fingerprint density at radius 3 is 2.52 bits per heavy atom. The highest BCUT2D eigenvalue weighted by molar-refractivity contribution is 5.95. The third kappa shape index (κ3) is 3.84. The van der Waals surface area contributed by atoms with Crippen LogP contribution in [0.15, 0.2) is 40.8 Å². The van der Waals surface area contributed by atoms with E-state index < -0.39 is 0 Å². The van der Waals surface area contributed by atoms with Gasteiger partial charge in [-0.2, -0.15) is 0 Å². The van der Waals surface area contributed by atoms with Crippen LogP contribution < -0.4 is 10.6 Å². The molecule has 132 valence electrons. The molecule has 1 aromatic heterocycles. The monoisotopic (exact) mass is 341 g/mol. The highest BCUT2D eigenvalue weighted by Crippen LogP contribution is 2.32. The lowest BCUT2D eigenvalue weighted by Gasteiger charge is -2.34. The van der Waals surface area contributed by atoms with Gasteiger partial charge < -0.3 is 20.0 Å². The van der Waals surface area contributed by atoms with Gasteiger partial charge in [-0.15, -0.1) is 0 Å². The lowest BCUT2D eigenvalue weighted by molar-refractivity contribution is 0.0963. The fourth-order valence-electron chi connectivity index (χ4n) is 3.15. The number of urea groups is 1. The summed E-state index contributed by atoms with van der Waals surface area (Å²) in [5.74, 6) is 1.54. The number of nitrogens with one attached hydrogen (secondary N) is 2. The maximum Gasteiger partial charge on any atom is 0.322 e. The Kier molecular flexibility index (Phi) is 5.07. The van der Waals surface area contributed by atoms with Gasteiger partial charge in [-0.3, -0.25) is 4.79 Å². The molecule has 1 aliphatic rings. The van der Waals surface area contributed by atoms with Crippen LogP contribution in [0.5, 0.6) is 0 Å². The molecule has 6 heteroatoms. The summed E-state index contributed by atoms with van der Waals surface area (Å²) in [5.41, 5.74) is 1.22. The summed E-state index contributed by atoms with van der Waals surface area (Å²) in [5, 5.41) is 5.49. The largest absolute Gasteiger partial charge is 0.464 e. The molecule has 0 unspecified atom stereocenters. The van der Waals surface area contributed by atoms with Crippen LogP contribution in [0.2, 0.25) is 0 Å². The second-order valence-electron chi connectivity index (χ2n) is 6.24. The van der Waals surface area contributed by atoms with Crippen LogP contribution in [0.1, 0.15) is 47.2 Å². The first kappa shape index (κ1) is 17.1. The number of likely N-dealkylation sites (tertiary alicyclic amines) is 1. The summed E-state index contributed by atoms with van der Waals surface area (Å²) < 4.78 is 5.74. The van der Waals surface area contributed by atoms with Crippen molar-refractivity contribution < 1.29 is 14.0 Å². The molecule has 0 aliphatic carbocycles. The van der Waals surface area contributed by atoms with Crippen molar-refractivity contribution in [2.24, 2.45) is 0 Å². The van der Waals surface area contributed by atoms with E-state index >= 15 is 0 Å². The lowest BCUT2D eigenvalue weighted by atomic mass is 10.0. The van der Waals surface area contributed by atoms with Crippen LogP contribution >= 0.6 is 0 Å². The van der Waals surface area contributed by atoms with Gasteiger partial charge in [0.25, 0.3) is 5.91 Å². The molecule has 1 atom stereocenters. The van der Waals surface area contributed by atoms with Crippen LogP contribution in [0.4, 0.5) is 10.5 Å². The molecule has 2 N–H and O–H groups in total. The highest BCUT2D eigenvalue weighted by atomic mass is 16.3. The van der Waals surface area contributed by atoms with Crippen LogP contribution in [-0.2, 0) is 0 Å². The summed E-state index contributed by atoms with van der Waals surface area (Å²) >= 11 is 0. The van der Waals surface area contributed by atoms with E-state index in [1.165, 1.54) is 0 Å². The Morgan fingerprint density at radius 2 is 1.88 bits per heavy atom. The summed E-state index contributed by atoms with van der Waals surface area (Å²) in [6.45, 7) is 2.61. The van der Waals surface area contributed by atoms with Crippen molar-refractivity contribution in [1.29, 1.82) is 0 Å². The Bertz CT molecular complexity index is 752. The summed E-state index contributed by atoms with van der Waals surface area (Å²) in [4.78, 5) is 26.1. The highest BCUT2D eigenvalue weighted by Gasteiger charge is 2.30. The zero-order chi connectivity index (χ0) is 17.8. The maximum atomic E-state index is 12.7. The first-order valence-electron chi connectivity index (χ1n) is 8.54. The van der Waals surface area contributed by atoms with Gasteiger partial charge in [-0.1, -0.05) is 0 Å². The molecule has 1 fully saturated rings. The fraction of sp³-hybridized carbons (Fsp3) is 0.368. The predicted molar refractivity (Wildman–Crippen MR) is 95.6 cm³/mol. The average molecular weight is 341 g/mol. The Labute approximate surface area is 147 Å². The standard InChI is InChI=1S/C19H23N3O3/c1-13-6-11-17(25-13)16-5-3-4-12-22(16)19(24)21-15-9-7-14(8-10-15)18(23)20-2/h6-11,16H,3-5,12H2,1-2H3,(H,20,23)(H,21,24)/t16-/m0/s1. The molecule has 0 bridgehead atoms. The van der Waals surface area contributed by atoms with E-state index in [-0.39, 0.29) is 18.0 Å². The molecule has 25 heavy (non-hydrogen) atoms. The number of amides is 3. The van der Waals surface area contributed by atoms with E-state index in [4.69, 9.17) is 4.42 Å². The second kappa shape index (κ2) is 7.42. The van der Waals surface area contributed by atoms with E-state index in [2.05, 4.69) is 10.6 Å². The molecule has 0 radical (unpaired) electrons. The van der Waals surface area contributed by atoms with Crippen molar-refractivity contribution in [2.75, 3.05) is 18.9 Å². The normalized spacial score (nSPS) is 17.2. The van der Waals surface area contributed by atoms with Gasteiger partial charge in [0.15, 0.2) is 0 Å².